The van der Waals surface area contributed by atoms with Crippen LogP contribution in [0.4, 0.5) is 0 Å². The Balaban J connectivity index is 1.66. The summed E-state index contributed by atoms with van der Waals surface area (Å²) in [5, 5.41) is 9.76. The molecule has 166 valence electrons. The number of fused-ring (bicyclic) bond motifs is 1. The summed E-state index contributed by atoms with van der Waals surface area (Å²) in [6.45, 7) is 4.26. The maximum absolute atomic E-state index is 12.6. The molecule has 0 saturated heterocycles. The minimum atomic E-state index is -0.522. The Bertz CT molecular complexity index is 1270. The Kier molecular flexibility index (Phi) is 6.05. The summed E-state index contributed by atoms with van der Waals surface area (Å²) in [4.78, 5) is 12.6. The van der Waals surface area contributed by atoms with Gasteiger partial charge in [0.1, 0.15) is 28.9 Å². The summed E-state index contributed by atoms with van der Waals surface area (Å²) >= 11 is 0. The second kappa shape index (κ2) is 9.09. The predicted molar refractivity (Wildman–Crippen MR) is 124 cm³/mol. The Morgan fingerprint density at radius 3 is 2.48 bits per heavy atom. The number of esters is 1. The van der Waals surface area contributed by atoms with Crippen LogP contribution in [0.3, 0.4) is 0 Å². The fourth-order valence-corrected chi connectivity index (χ4v) is 3.83. The third-order valence-corrected chi connectivity index (χ3v) is 5.64. The Hall–Kier alpha value is -4.24. The molecule has 1 aliphatic rings. The molecule has 0 aliphatic carbocycles. The third kappa shape index (κ3) is 4.39. The van der Waals surface area contributed by atoms with E-state index in [1.165, 1.54) is 12.7 Å². The monoisotopic (exact) mass is 440 g/mol. The van der Waals surface area contributed by atoms with Gasteiger partial charge in [0, 0.05) is 11.6 Å². The van der Waals surface area contributed by atoms with Gasteiger partial charge >= 0.3 is 5.97 Å². The van der Waals surface area contributed by atoms with Gasteiger partial charge in [-0.2, -0.15) is 5.26 Å². The molecule has 1 heterocycles. The molecule has 2 N–H and O–H groups in total. The van der Waals surface area contributed by atoms with Gasteiger partial charge in [-0.05, 0) is 41.3 Å². The van der Waals surface area contributed by atoms with Crippen molar-refractivity contribution in [2.24, 2.45) is 5.73 Å². The van der Waals surface area contributed by atoms with Crippen LogP contribution in [-0.4, -0.2) is 13.1 Å². The van der Waals surface area contributed by atoms with Crippen LogP contribution in [0.2, 0.25) is 0 Å². The van der Waals surface area contributed by atoms with E-state index in [1.807, 2.05) is 12.1 Å². The molecule has 3 aromatic rings. The van der Waals surface area contributed by atoms with E-state index in [-0.39, 0.29) is 11.8 Å². The quantitative estimate of drug-likeness (QED) is 0.430. The Labute approximate surface area is 192 Å². The first-order chi connectivity index (χ1) is 15.9. The van der Waals surface area contributed by atoms with E-state index in [2.05, 4.69) is 32.0 Å². The lowest BCUT2D eigenvalue weighted by Gasteiger charge is -2.27. The number of methoxy groups -OCH3 is 1. The van der Waals surface area contributed by atoms with Gasteiger partial charge < -0.3 is 19.9 Å². The second-order valence-corrected chi connectivity index (χ2v) is 8.07. The van der Waals surface area contributed by atoms with Crippen LogP contribution >= 0.6 is 0 Å². The number of carbonyl (C=O) groups excluding carboxylic acids is 1. The lowest BCUT2D eigenvalue weighted by molar-refractivity contribution is 0.0734. The second-order valence-electron chi connectivity index (χ2n) is 8.07. The van der Waals surface area contributed by atoms with Crippen LogP contribution < -0.4 is 19.9 Å². The highest BCUT2D eigenvalue weighted by atomic mass is 16.5. The molecule has 1 atom stereocenters. The highest BCUT2D eigenvalue weighted by Crippen LogP contribution is 2.43. The number of allylic oxidation sites excluding steroid dienone is 1. The van der Waals surface area contributed by atoms with E-state index in [9.17, 15) is 10.1 Å². The van der Waals surface area contributed by atoms with Gasteiger partial charge in [0.25, 0.3) is 0 Å². The highest BCUT2D eigenvalue weighted by Gasteiger charge is 2.31. The zero-order chi connectivity index (χ0) is 23.5. The molecule has 6 heteroatoms. The predicted octanol–water partition coefficient (Wildman–Crippen LogP) is 5.26. The van der Waals surface area contributed by atoms with Gasteiger partial charge in [-0.15, -0.1) is 0 Å². The molecule has 0 aromatic heterocycles. The van der Waals surface area contributed by atoms with Crippen LogP contribution in [-0.2, 0) is 0 Å². The molecular formula is C27H24N2O4. The number of rotatable bonds is 5. The third-order valence-electron chi connectivity index (χ3n) is 5.64. The van der Waals surface area contributed by atoms with Crippen LogP contribution in [0.25, 0.3) is 0 Å². The molecule has 1 unspecified atom stereocenters. The van der Waals surface area contributed by atoms with Crippen molar-refractivity contribution >= 4 is 5.97 Å². The lowest BCUT2D eigenvalue weighted by atomic mass is 9.83. The zero-order valence-electron chi connectivity index (χ0n) is 18.7. The minimum Gasteiger partial charge on any atom is -0.497 e. The normalized spacial score (nSPS) is 14.8. The maximum atomic E-state index is 12.6. The van der Waals surface area contributed by atoms with E-state index < -0.39 is 5.97 Å². The number of carbonyl (C=O) groups is 1. The first-order valence-corrected chi connectivity index (χ1v) is 10.6. The topological polar surface area (TPSA) is 94.6 Å². The van der Waals surface area contributed by atoms with Gasteiger partial charge in [0.2, 0.25) is 5.88 Å². The van der Waals surface area contributed by atoms with E-state index in [0.717, 1.165) is 11.1 Å². The van der Waals surface area contributed by atoms with Crippen molar-refractivity contribution in [1.29, 1.82) is 5.26 Å². The van der Waals surface area contributed by atoms with Gasteiger partial charge in [-0.3, -0.25) is 0 Å². The molecule has 1 aliphatic heterocycles. The van der Waals surface area contributed by atoms with Gasteiger partial charge in [-0.1, -0.05) is 50.2 Å². The molecule has 6 nitrogen and oxygen atoms in total. The fraction of sp³-hybridized carbons (Fsp3) is 0.185. The average Bonchev–Trinajstić information content (AvgIpc) is 2.83. The standard InChI is InChI=1S/C27H24N2O4/c1-16(2)17-7-9-18(10-8-17)25-22-12-11-21(14-24(22)33-26(29)23(25)15-28)32-27(30)19-5-4-6-20(13-19)31-3/h4-14,16,25H,29H2,1-3H3. The van der Waals surface area contributed by atoms with Crippen LogP contribution in [0, 0.1) is 11.3 Å². The van der Waals surface area contributed by atoms with E-state index in [1.54, 1.807) is 42.5 Å². The van der Waals surface area contributed by atoms with Crippen molar-refractivity contribution in [2.45, 2.75) is 25.7 Å². The van der Waals surface area contributed by atoms with Crippen molar-refractivity contribution in [1.82, 2.24) is 0 Å². The SMILES string of the molecule is COc1cccc(C(=O)Oc2ccc3c(c2)OC(N)=C(C#N)C3c2ccc(C(C)C)cc2)c1. The van der Waals surface area contributed by atoms with Crippen LogP contribution in [0.5, 0.6) is 17.2 Å². The number of nitriles is 1. The van der Waals surface area contributed by atoms with Crippen molar-refractivity contribution in [2.75, 3.05) is 7.11 Å². The zero-order valence-corrected chi connectivity index (χ0v) is 18.7. The number of ether oxygens (including phenoxy) is 3. The highest BCUT2D eigenvalue weighted by molar-refractivity contribution is 5.91. The molecule has 0 spiro atoms. The van der Waals surface area contributed by atoms with Crippen molar-refractivity contribution in [3.63, 3.8) is 0 Å². The molecule has 0 bridgehead atoms. The number of nitrogens with two attached hydrogens (primary N) is 1. The largest absolute Gasteiger partial charge is 0.497 e. The fourth-order valence-electron chi connectivity index (χ4n) is 3.83. The molecule has 0 amide bonds. The van der Waals surface area contributed by atoms with Crippen molar-refractivity contribution in [3.05, 3.63) is 100 Å². The molecular weight excluding hydrogens is 416 g/mol. The molecule has 0 radical (unpaired) electrons. The molecule has 4 rings (SSSR count). The van der Waals surface area contributed by atoms with Gasteiger partial charge in [-0.25, -0.2) is 4.79 Å². The summed E-state index contributed by atoms with van der Waals surface area (Å²) in [5.74, 6) is 0.864. The van der Waals surface area contributed by atoms with Crippen LogP contribution in [0.1, 0.15) is 52.7 Å². The van der Waals surface area contributed by atoms with Crippen LogP contribution in [0.15, 0.2) is 78.2 Å². The van der Waals surface area contributed by atoms with Crippen molar-refractivity contribution < 1.29 is 19.0 Å². The number of nitrogens with zero attached hydrogens (tertiary/aromatic N) is 1. The maximum Gasteiger partial charge on any atom is 0.343 e. The summed E-state index contributed by atoms with van der Waals surface area (Å²) < 4.78 is 16.4. The van der Waals surface area contributed by atoms with Gasteiger partial charge in [0.05, 0.1) is 18.6 Å². The first kappa shape index (κ1) is 22.0. The Morgan fingerprint density at radius 1 is 1.06 bits per heavy atom. The summed E-state index contributed by atoms with van der Waals surface area (Å²) in [7, 11) is 1.53. The summed E-state index contributed by atoms with van der Waals surface area (Å²) in [6, 6.07) is 22.2. The van der Waals surface area contributed by atoms with Gasteiger partial charge in [0.15, 0.2) is 0 Å². The molecule has 33 heavy (non-hydrogen) atoms. The van der Waals surface area contributed by atoms with E-state index in [4.69, 9.17) is 19.9 Å². The van der Waals surface area contributed by atoms with E-state index in [0.29, 0.717) is 34.3 Å². The average molecular weight is 440 g/mol. The summed E-state index contributed by atoms with van der Waals surface area (Å²) in [6.07, 6.45) is 0. The molecule has 0 fully saturated rings. The minimum absolute atomic E-state index is 0.0409. The van der Waals surface area contributed by atoms with E-state index >= 15 is 0 Å². The number of hydrogen-bond donors (Lipinski definition) is 1. The first-order valence-electron chi connectivity index (χ1n) is 10.6. The lowest BCUT2D eigenvalue weighted by Crippen LogP contribution is -2.21. The Morgan fingerprint density at radius 2 is 1.82 bits per heavy atom. The molecule has 3 aromatic carbocycles. The number of hydrogen-bond acceptors (Lipinski definition) is 6. The number of benzene rings is 3. The van der Waals surface area contributed by atoms with Crippen molar-refractivity contribution in [3.8, 4) is 23.3 Å². The molecule has 0 saturated carbocycles. The smallest absolute Gasteiger partial charge is 0.343 e. The summed E-state index contributed by atoms with van der Waals surface area (Å²) in [5.41, 5.74) is 9.73.